The molecule has 2 rings (SSSR count). The maximum atomic E-state index is 12.5. The van der Waals surface area contributed by atoms with E-state index in [9.17, 15) is 13.2 Å². The number of nitrogens with zero attached hydrogens (tertiary/aromatic N) is 3. The summed E-state index contributed by atoms with van der Waals surface area (Å²) in [6.45, 7) is 1.59. The van der Waals surface area contributed by atoms with Gasteiger partial charge in [0, 0.05) is 5.56 Å². The van der Waals surface area contributed by atoms with E-state index < -0.39 is 11.7 Å². The number of nitrogens with one attached hydrogen (secondary N) is 1. The molecule has 84 valence electrons. The van der Waals surface area contributed by atoms with Crippen molar-refractivity contribution >= 4 is 0 Å². The predicted octanol–water partition coefficient (Wildman–Crippen LogP) is 2.19. The molecule has 16 heavy (non-hydrogen) atoms. The van der Waals surface area contributed by atoms with E-state index >= 15 is 0 Å². The van der Waals surface area contributed by atoms with E-state index in [4.69, 9.17) is 0 Å². The number of H-pyrrole nitrogens is 1. The standard InChI is InChI=1S/C9H7F3N4/c1-5-2-6(8-13-15-16-14-8)4-7(3-5)9(10,11)12/h2-4H,1H3,(H,13,14,15,16). The van der Waals surface area contributed by atoms with Crippen molar-refractivity contribution < 1.29 is 13.2 Å². The molecule has 0 saturated heterocycles. The van der Waals surface area contributed by atoms with Crippen molar-refractivity contribution in [3.63, 3.8) is 0 Å². The van der Waals surface area contributed by atoms with Crippen LogP contribution in [0.4, 0.5) is 13.2 Å². The van der Waals surface area contributed by atoms with Gasteiger partial charge in [0.1, 0.15) is 0 Å². The molecule has 0 aliphatic rings. The maximum Gasteiger partial charge on any atom is 0.416 e. The van der Waals surface area contributed by atoms with Gasteiger partial charge in [0.2, 0.25) is 0 Å². The molecule has 4 nitrogen and oxygen atoms in total. The van der Waals surface area contributed by atoms with Crippen molar-refractivity contribution in [1.82, 2.24) is 20.6 Å². The first-order valence-corrected chi connectivity index (χ1v) is 4.40. The van der Waals surface area contributed by atoms with Crippen molar-refractivity contribution in [3.8, 4) is 11.4 Å². The Kier molecular flexibility index (Phi) is 2.37. The van der Waals surface area contributed by atoms with Gasteiger partial charge in [-0.05, 0) is 41.1 Å². The normalized spacial score (nSPS) is 11.8. The maximum absolute atomic E-state index is 12.5. The van der Waals surface area contributed by atoms with Gasteiger partial charge in [-0.2, -0.15) is 13.2 Å². The summed E-state index contributed by atoms with van der Waals surface area (Å²) >= 11 is 0. The topological polar surface area (TPSA) is 54.5 Å². The molecule has 0 amide bonds. The number of aromatic nitrogens is 4. The van der Waals surface area contributed by atoms with Gasteiger partial charge >= 0.3 is 6.18 Å². The molecule has 0 aliphatic carbocycles. The highest BCUT2D eigenvalue weighted by Crippen LogP contribution is 2.32. The minimum atomic E-state index is -4.37. The Morgan fingerprint density at radius 1 is 1.19 bits per heavy atom. The number of rotatable bonds is 1. The van der Waals surface area contributed by atoms with Gasteiger partial charge in [-0.15, -0.1) is 5.10 Å². The summed E-state index contributed by atoms with van der Waals surface area (Å²) in [5.74, 6) is 0.217. The molecular formula is C9H7F3N4. The molecule has 2 aromatic rings. The molecule has 1 aromatic carbocycles. The lowest BCUT2D eigenvalue weighted by molar-refractivity contribution is -0.137. The monoisotopic (exact) mass is 228 g/mol. The lowest BCUT2D eigenvalue weighted by atomic mass is 10.1. The first-order valence-electron chi connectivity index (χ1n) is 4.40. The van der Waals surface area contributed by atoms with Crippen LogP contribution in [0.2, 0.25) is 0 Å². The van der Waals surface area contributed by atoms with Gasteiger partial charge in [0.25, 0.3) is 0 Å². The van der Waals surface area contributed by atoms with Crippen LogP contribution in [0.25, 0.3) is 11.4 Å². The van der Waals surface area contributed by atoms with E-state index in [1.807, 2.05) is 0 Å². The lowest BCUT2D eigenvalue weighted by Gasteiger charge is -2.08. The van der Waals surface area contributed by atoms with Crippen molar-refractivity contribution in [3.05, 3.63) is 29.3 Å². The number of hydrogen-bond donors (Lipinski definition) is 1. The van der Waals surface area contributed by atoms with Crippen molar-refractivity contribution in [1.29, 1.82) is 0 Å². The minimum Gasteiger partial charge on any atom is -0.239 e. The quantitative estimate of drug-likeness (QED) is 0.813. The molecule has 1 N–H and O–H groups in total. The van der Waals surface area contributed by atoms with Crippen molar-refractivity contribution in [2.24, 2.45) is 0 Å². The van der Waals surface area contributed by atoms with Crippen LogP contribution in [0, 0.1) is 6.92 Å². The predicted molar refractivity (Wildman–Crippen MR) is 49.4 cm³/mol. The van der Waals surface area contributed by atoms with E-state index in [0.717, 1.165) is 12.1 Å². The second kappa shape index (κ2) is 3.58. The highest BCUT2D eigenvalue weighted by Gasteiger charge is 2.31. The van der Waals surface area contributed by atoms with Gasteiger partial charge in [0.15, 0.2) is 5.82 Å². The first kappa shape index (κ1) is 10.6. The Labute approximate surface area is 88.5 Å². The molecule has 0 saturated carbocycles. The Morgan fingerprint density at radius 3 is 2.50 bits per heavy atom. The van der Waals surface area contributed by atoms with Crippen LogP contribution in [-0.2, 0) is 6.18 Å². The van der Waals surface area contributed by atoms with E-state index in [2.05, 4.69) is 20.6 Å². The van der Waals surface area contributed by atoms with Crippen LogP contribution in [0.5, 0.6) is 0 Å². The van der Waals surface area contributed by atoms with Gasteiger partial charge in [-0.1, -0.05) is 0 Å². The number of halogens is 3. The van der Waals surface area contributed by atoms with Gasteiger partial charge in [-0.25, -0.2) is 5.10 Å². The summed E-state index contributed by atoms with van der Waals surface area (Å²) in [6.07, 6.45) is -4.37. The highest BCUT2D eigenvalue weighted by atomic mass is 19.4. The third-order valence-corrected chi connectivity index (χ3v) is 2.02. The summed E-state index contributed by atoms with van der Waals surface area (Å²) in [5, 5.41) is 12.6. The zero-order valence-corrected chi connectivity index (χ0v) is 8.21. The molecule has 0 bridgehead atoms. The van der Waals surface area contributed by atoms with Crippen LogP contribution in [0.15, 0.2) is 18.2 Å². The van der Waals surface area contributed by atoms with Crippen LogP contribution in [0.1, 0.15) is 11.1 Å². The molecule has 0 fully saturated rings. The molecule has 0 spiro atoms. The number of aryl methyl sites for hydroxylation is 1. The average molecular weight is 228 g/mol. The third kappa shape index (κ3) is 2.02. The Morgan fingerprint density at radius 2 is 1.94 bits per heavy atom. The summed E-state index contributed by atoms with van der Waals surface area (Å²) in [7, 11) is 0. The molecule has 0 radical (unpaired) electrons. The number of aromatic amines is 1. The number of tetrazole rings is 1. The summed E-state index contributed by atoms with van der Waals surface area (Å²) in [6, 6.07) is 3.67. The third-order valence-electron chi connectivity index (χ3n) is 2.02. The Bertz CT molecular complexity index is 490. The molecular weight excluding hydrogens is 221 g/mol. The number of benzene rings is 1. The van der Waals surface area contributed by atoms with Crippen LogP contribution >= 0.6 is 0 Å². The lowest BCUT2D eigenvalue weighted by Crippen LogP contribution is -2.05. The van der Waals surface area contributed by atoms with E-state index in [1.54, 1.807) is 13.0 Å². The zero-order chi connectivity index (χ0) is 11.8. The van der Waals surface area contributed by atoms with Crippen LogP contribution < -0.4 is 0 Å². The van der Waals surface area contributed by atoms with E-state index in [1.165, 1.54) is 0 Å². The molecule has 0 aliphatic heterocycles. The smallest absolute Gasteiger partial charge is 0.239 e. The van der Waals surface area contributed by atoms with E-state index in [0.29, 0.717) is 11.1 Å². The number of hydrogen-bond acceptors (Lipinski definition) is 3. The second-order valence-electron chi connectivity index (χ2n) is 3.34. The Hall–Kier alpha value is -1.92. The van der Waals surface area contributed by atoms with Crippen LogP contribution in [-0.4, -0.2) is 20.6 Å². The fraction of sp³-hybridized carbons (Fsp3) is 0.222. The van der Waals surface area contributed by atoms with E-state index in [-0.39, 0.29) is 5.82 Å². The van der Waals surface area contributed by atoms with Gasteiger partial charge in [0.05, 0.1) is 5.56 Å². The first-order chi connectivity index (χ1) is 7.47. The molecule has 1 aromatic heterocycles. The molecule has 0 unspecified atom stereocenters. The molecule has 0 atom stereocenters. The largest absolute Gasteiger partial charge is 0.416 e. The van der Waals surface area contributed by atoms with Crippen LogP contribution in [0.3, 0.4) is 0 Å². The fourth-order valence-electron chi connectivity index (χ4n) is 1.36. The summed E-state index contributed by atoms with van der Waals surface area (Å²) in [5.41, 5.74) is 0.109. The van der Waals surface area contributed by atoms with Crippen molar-refractivity contribution in [2.45, 2.75) is 13.1 Å². The highest BCUT2D eigenvalue weighted by molar-refractivity contribution is 5.57. The molecule has 7 heteroatoms. The average Bonchev–Trinajstić information content (AvgIpc) is 2.68. The van der Waals surface area contributed by atoms with Crippen molar-refractivity contribution in [2.75, 3.05) is 0 Å². The SMILES string of the molecule is Cc1cc(-c2nnn[nH]2)cc(C(F)(F)F)c1. The number of alkyl halides is 3. The second-order valence-corrected chi connectivity index (χ2v) is 3.34. The van der Waals surface area contributed by atoms with Gasteiger partial charge in [-0.3, -0.25) is 0 Å². The minimum absolute atomic E-state index is 0.217. The molecule has 1 heterocycles. The van der Waals surface area contributed by atoms with Gasteiger partial charge < -0.3 is 0 Å². The summed E-state index contributed by atoms with van der Waals surface area (Å²) < 4.78 is 37.6. The zero-order valence-electron chi connectivity index (χ0n) is 8.21. The fourth-order valence-corrected chi connectivity index (χ4v) is 1.36. The summed E-state index contributed by atoms with van der Waals surface area (Å²) in [4.78, 5) is 0. The Balaban J connectivity index is 2.53.